The number of nitrogens with zero attached hydrogens (tertiary/aromatic N) is 3. The summed E-state index contributed by atoms with van der Waals surface area (Å²) in [4.78, 5) is 33.7. The second kappa shape index (κ2) is 10.7. The van der Waals surface area contributed by atoms with Crippen LogP contribution < -0.4 is 5.32 Å². The van der Waals surface area contributed by atoms with E-state index in [1.165, 1.54) is 0 Å². The molecule has 0 aliphatic carbocycles. The van der Waals surface area contributed by atoms with Gasteiger partial charge in [0.1, 0.15) is 5.76 Å². The zero-order valence-corrected chi connectivity index (χ0v) is 20.2. The van der Waals surface area contributed by atoms with Gasteiger partial charge in [0.15, 0.2) is 0 Å². The summed E-state index contributed by atoms with van der Waals surface area (Å²) in [5.74, 6) is -0.229. The molecule has 0 unspecified atom stereocenters. The lowest BCUT2D eigenvalue weighted by molar-refractivity contribution is -0.259. The second-order valence-electron chi connectivity index (χ2n) is 9.22. The van der Waals surface area contributed by atoms with Gasteiger partial charge in [0.25, 0.3) is 5.91 Å². The number of amides is 2. The Morgan fingerprint density at radius 1 is 1.12 bits per heavy atom. The van der Waals surface area contributed by atoms with Gasteiger partial charge < -0.3 is 29.0 Å². The number of hydrogen-bond donors (Lipinski definition) is 1. The molecule has 4 rings (SSSR count). The predicted octanol–water partition coefficient (Wildman–Crippen LogP) is 1.85. The van der Waals surface area contributed by atoms with Crippen molar-refractivity contribution in [3.8, 4) is 11.5 Å². The summed E-state index contributed by atoms with van der Waals surface area (Å²) in [6, 6.07) is 9.78. The summed E-state index contributed by atoms with van der Waals surface area (Å²) in [5.41, 5.74) is 1.80. The van der Waals surface area contributed by atoms with Crippen molar-refractivity contribution in [1.82, 2.24) is 20.1 Å². The van der Waals surface area contributed by atoms with E-state index in [9.17, 15) is 9.59 Å². The molecule has 3 heterocycles. The van der Waals surface area contributed by atoms with Gasteiger partial charge in [0.2, 0.25) is 17.6 Å². The molecule has 1 aromatic heterocycles. The topological polar surface area (TPSA) is 97.1 Å². The number of rotatable bonds is 7. The minimum Gasteiger partial charge on any atom is -0.441 e. The van der Waals surface area contributed by atoms with E-state index in [-0.39, 0.29) is 30.7 Å². The number of aryl methyl sites for hydroxylation is 1. The van der Waals surface area contributed by atoms with Gasteiger partial charge in [0, 0.05) is 57.0 Å². The first-order valence-corrected chi connectivity index (χ1v) is 11.9. The number of oxazole rings is 1. The normalized spacial score (nSPS) is 23.6. The molecule has 2 saturated heterocycles. The molecular weight excluding hydrogens is 436 g/mol. The number of likely N-dealkylation sites (N-methyl/N-ethyl adjacent to an activating group) is 1. The molecule has 0 spiro atoms. The van der Waals surface area contributed by atoms with Crippen molar-refractivity contribution in [2.45, 2.75) is 32.5 Å². The molecule has 0 radical (unpaired) electrons. The molecule has 1 aromatic carbocycles. The number of ether oxygens (including phenoxy) is 2. The summed E-state index contributed by atoms with van der Waals surface area (Å²) in [7, 11) is 2.05. The van der Waals surface area contributed by atoms with Crippen molar-refractivity contribution in [1.29, 1.82) is 0 Å². The maximum absolute atomic E-state index is 12.7. The number of aromatic nitrogens is 1. The van der Waals surface area contributed by atoms with Crippen LogP contribution in [0.4, 0.5) is 0 Å². The molecule has 0 bridgehead atoms. The molecule has 2 fully saturated rings. The van der Waals surface area contributed by atoms with E-state index in [2.05, 4.69) is 15.2 Å². The van der Waals surface area contributed by atoms with Gasteiger partial charge in [-0.2, -0.15) is 0 Å². The van der Waals surface area contributed by atoms with Gasteiger partial charge in [-0.15, -0.1) is 0 Å². The van der Waals surface area contributed by atoms with E-state index in [1.54, 1.807) is 6.92 Å². The van der Waals surface area contributed by atoms with Crippen molar-refractivity contribution in [3.05, 3.63) is 41.8 Å². The van der Waals surface area contributed by atoms with Crippen LogP contribution in [0.3, 0.4) is 0 Å². The first kappa shape index (κ1) is 24.4. The van der Waals surface area contributed by atoms with Crippen molar-refractivity contribution in [2.75, 3.05) is 53.0 Å². The van der Waals surface area contributed by atoms with E-state index in [0.717, 1.165) is 43.2 Å². The van der Waals surface area contributed by atoms with Gasteiger partial charge in [-0.1, -0.05) is 18.2 Å². The monoisotopic (exact) mass is 470 g/mol. The number of carbonyl (C=O) groups is 2. The maximum atomic E-state index is 12.7. The predicted molar refractivity (Wildman–Crippen MR) is 126 cm³/mol. The highest BCUT2D eigenvalue weighted by atomic mass is 16.7. The zero-order valence-electron chi connectivity index (χ0n) is 20.2. The Balaban J connectivity index is 1.22. The van der Waals surface area contributed by atoms with Crippen LogP contribution in [0.5, 0.6) is 0 Å². The zero-order chi connectivity index (χ0) is 24.1. The molecular formula is C25H34N4O5. The Bertz CT molecular complexity index is 976. The summed E-state index contributed by atoms with van der Waals surface area (Å²) in [5, 5.41) is 2.79. The fraction of sp³-hybridized carbons (Fsp3) is 0.560. The van der Waals surface area contributed by atoms with Gasteiger partial charge in [0.05, 0.1) is 18.9 Å². The largest absolute Gasteiger partial charge is 0.441 e. The van der Waals surface area contributed by atoms with Crippen molar-refractivity contribution < 1.29 is 23.5 Å². The number of piperazine rings is 1. The fourth-order valence-electron chi connectivity index (χ4n) is 4.15. The first-order valence-electron chi connectivity index (χ1n) is 11.9. The average Bonchev–Trinajstić information content (AvgIpc) is 3.21. The molecule has 2 amide bonds. The van der Waals surface area contributed by atoms with Crippen molar-refractivity contribution in [3.63, 3.8) is 0 Å². The van der Waals surface area contributed by atoms with Crippen LogP contribution >= 0.6 is 0 Å². The van der Waals surface area contributed by atoms with Gasteiger partial charge in [-0.05, 0) is 33.0 Å². The number of carbonyl (C=O) groups excluding carboxylic acids is 2. The fourth-order valence-corrected chi connectivity index (χ4v) is 4.15. The van der Waals surface area contributed by atoms with Crippen LogP contribution in [0, 0.1) is 12.8 Å². The Morgan fingerprint density at radius 2 is 1.79 bits per heavy atom. The third kappa shape index (κ3) is 5.84. The Hall–Kier alpha value is -2.75. The SMILES string of the molecule is Cc1oc(-c2ccccc2)nc1CC1COC(C)(C(=O)NCCC(=O)N2CCN(C)CC2)OC1. The maximum Gasteiger partial charge on any atom is 0.280 e. The lowest BCUT2D eigenvalue weighted by Crippen LogP contribution is -2.54. The summed E-state index contributed by atoms with van der Waals surface area (Å²) >= 11 is 0. The molecule has 0 atom stereocenters. The third-order valence-electron chi connectivity index (χ3n) is 6.48. The summed E-state index contributed by atoms with van der Waals surface area (Å²) < 4.78 is 17.5. The third-order valence-corrected chi connectivity index (χ3v) is 6.48. The van der Waals surface area contributed by atoms with Crippen LogP contribution in [0.2, 0.25) is 0 Å². The second-order valence-corrected chi connectivity index (χ2v) is 9.22. The van der Waals surface area contributed by atoms with E-state index < -0.39 is 5.79 Å². The molecule has 9 heteroatoms. The minimum atomic E-state index is -1.36. The highest BCUT2D eigenvalue weighted by Gasteiger charge is 2.40. The van der Waals surface area contributed by atoms with E-state index in [0.29, 0.717) is 25.5 Å². The van der Waals surface area contributed by atoms with E-state index in [4.69, 9.17) is 13.9 Å². The molecule has 9 nitrogen and oxygen atoms in total. The number of benzene rings is 1. The lowest BCUT2D eigenvalue weighted by atomic mass is 10.0. The Labute approximate surface area is 200 Å². The smallest absolute Gasteiger partial charge is 0.280 e. The quantitative estimate of drug-likeness (QED) is 0.660. The van der Waals surface area contributed by atoms with Gasteiger partial charge >= 0.3 is 0 Å². The standard InChI is InChI=1S/C25H34N4O5/c1-18-21(27-23(34-18)20-7-5-4-6-8-20)15-19-16-32-25(2,33-17-19)24(31)26-10-9-22(30)29-13-11-28(3)12-14-29/h4-8,19H,9-17H2,1-3H3,(H,26,31). The molecule has 34 heavy (non-hydrogen) atoms. The van der Waals surface area contributed by atoms with Crippen LogP contribution in [-0.4, -0.2) is 85.4 Å². The van der Waals surface area contributed by atoms with E-state index >= 15 is 0 Å². The molecule has 2 aromatic rings. The molecule has 1 N–H and O–H groups in total. The highest BCUT2D eigenvalue weighted by molar-refractivity contribution is 5.84. The first-order chi connectivity index (χ1) is 16.3. The van der Waals surface area contributed by atoms with Crippen molar-refractivity contribution in [2.24, 2.45) is 5.92 Å². The molecule has 184 valence electrons. The van der Waals surface area contributed by atoms with E-state index in [1.807, 2.05) is 49.2 Å². The molecule has 2 aliphatic rings. The lowest BCUT2D eigenvalue weighted by Gasteiger charge is -2.36. The summed E-state index contributed by atoms with van der Waals surface area (Å²) in [6.45, 7) is 7.74. The van der Waals surface area contributed by atoms with Crippen LogP contribution in [0.25, 0.3) is 11.5 Å². The summed E-state index contributed by atoms with van der Waals surface area (Å²) in [6.07, 6.45) is 0.905. The Morgan fingerprint density at radius 3 is 2.47 bits per heavy atom. The van der Waals surface area contributed by atoms with Crippen LogP contribution in [0.1, 0.15) is 24.8 Å². The molecule has 2 aliphatic heterocycles. The number of hydrogen-bond acceptors (Lipinski definition) is 7. The number of nitrogens with one attached hydrogen (secondary N) is 1. The van der Waals surface area contributed by atoms with Crippen molar-refractivity contribution >= 4 is 11.8 Å². The minimum absolute atomic E-state index is 0.0574. The van der Waals surface area contributed by atoms with Gasteiger partial charge in [-0.3, -0.25) is 9.59 Å². The highest BCUT2D eigenvalue weighted by Crippen LogP contribution is 2.27. The average molecular weight is 471 g/mol. The van der Waals surface area contributed by atoms with Crippen LogP contribution in [0.15, 0.2) is 34.7 Å². The molecule has 0 saturated carbocycles. The Kier molecular flexibility index (Phi) is 7.65. The van der Waals surface area contributed by atoms with Crippen LogP contribution in [-0.2, 0) is 25.5 Å². The van der Waals surface area contributed by atoms with Gasteiger partial charge in [-0.25, -0.2) is 4.98 Å².